The van der Waals surface area contributed by atoms with E-state index in [-0.39, 0.29) is 11.9 Å². The lowest BCUT2D eigenvalue weighted by atomic mass is 9.77. The Balaban J connectivity index is 1.61. The number of carbonyl (C=O) groups excluding carboxylic acids is 1. The van der Waals surface area contributed by atoms with Gasteiger partial charge in [-0.05, 0) is 65.7 Å². The van der Waals surface area contributed by atoms with E-state index >= 15 is 0 Å². The number of nitrogens with one attached hydrogen (secondary N) is 2. The second-order valence-electron chi connectivity index (χ2n) is 6.07. The summed E-state index contributed by atoms with van der Waals surface area (Å²) in [6.45, 7) is 0. The second-order valence-corrected chi connectivity index (χ2v) is 7.33. The summed E-state index contributed by atoms with van der Waals surface area (Å²) in [6, 6.07) is 5.91. The number of piperidine rings is 1. The minimum atomic E-state index is -0.0706. The Kier molecular flexibility index (Phi) is 4.87. The first kappa shape index (κ1) is 15.3. The molecule has 2 N–H and O–H groups in total. The van der Waals surface area contributed by atoms with Crippen molar-refractivity contribution >= 4 is 39.1 Å². The van der Waals surface area contributed by atoms with Gasteiger partial charge in [-0.3, -0.25) is 4.79 Å². The van der Waals surface area contributed by atoms with Crippen molar-refractivity contribution < 1.29 is 4.79 Å². The molecular formula is C16H20BrClN2O. The molecule has 0 bridgehead atoms. The van der Waals surface area contributed by atoms with E-state index in [4.69, 9.17) is 11.6 Å². The van der Waals surface area contributed by atoms with Crippen molar-refractivity contribution in [3.05, 3.63) is 27.7 Å². The zero-order chi connectivity index (χ0) is 14.8. The molecule has 3 unspecified atom stereocenters. The summed E-state index contributed by atoms with van der Waals surface area (Å²) in [5.74, 6) is 0.834. The van der Waals surface area contributed by atoms with Crippen LogP contribution in [0.4, 0.5) is 5.69 Å². The third-order valence-electron chi connectivity index (χ3n) is 4.65. The molecule has 114 valence electrons. The van der Waals surface area contributed by atoms with Gasteiger partial charge in [0.2, 0.25) is 5.91 Å². The summed E-state index contributed by atoms with van der Waals surface area (Å²) in [7, 11) is 0. The van der Waals surface area contributed by atoms with Crippen molar-refractivity contribution in [3.8, 4) is 0 Å². The number of benzene rings is 1. The second kappa shape index (κ2) is 6.67. The van der Waals surface area contributed by atoms with E-state index in [1.807, 2.05) is 12.1 Å². The number of amides is 1. The molecule has 0 spiro atoms. The van der Waals surface area contributed by atoms with Gasteiger partial charge in [0.05, 0.1) is 11.1 Å². The Hall–Kier alpha value is -0.580. The van der Waals surface area contributed by atoms with Crippen molar-refractivity contribution in [2.75, 3.05) is 5.32 Å². The van der Waals surface area contributed by atoms with Crippen LogP contribution in [0.1, 0.15) is 38.5 Å². The van der Waals surface area contributed by atoms with Crippen LogP contribution in [-0.2, 0) is 4.79 Å². The van der Waals surface area contributed by atoms with Gasteiger partial charge >= 0.3 is 0 Å². The molecule has 5 heteroatoms. The molecule has 0 aromatic heterocycles. The number of fused-ring (bicyclic) bond motifs is 1. The van der Waals surface area contributed by atoms with Gasteiger partial charge in [0.15, 0.2) is 0 Å². The standard InChI is InChI=1S/C16H20BrClN2O/c17-12-9-11(6-7-13(12)18)19-16(21)15-8-5-10-3-1-2-4-14(10)20-15/h6-7,9-10,14-15,20H,1-5,8H2,(H,19,21). The first-order valence-corrected chi connectivity index (χ1v) is 8.82. The number of halogens is 2. The fraction of sp³-hybridized carbons (Fsp3) is 0.562. The molecule has 1 saturated carbocycles. The van der Waals surface area contributed by atoms with Crippen LogP contribution in [0, 0.1) is 5.92 Å². The van der Waals surface area contributed by atoms with E-state index in [1.165, 1.54) is 32.1 Å². The molecule has 3 rings (SSSR count). The number of hydrogen-bond donors (Lipinski definition) is 2. The van der Waals surface area contributed by atoms with Gasteiger partial charge < -0.3 is 10.6 Å². The molecule has 1 aromatic rings. The molecule has 1 aliphatic heterocycles. The molecule has 1 heterocycles. The molecule has 21 heavy (non-hydrogen) atoms. The average molecular weight is 372 g/mol. The molecule has 1 aromatic carbocycles. The van der Waals surface area contributed by atoms with Crippen LogP contribution >= 0.6 is 27.5 Å². The number of hydrogen-bond acceptors (Lipinski definition) is 2. The Morgan fingerprint density at radius 1 is 1.24 bits per heavy atom. The third-order valence-corrected chi connectivity index (χ3v) is 5.87. The fourth-order valence-corrected chi connectivity index (χ4v) is 4.00. The van der Waals surface area contributed by atoms with Crippen molar-refractivity contribution in [1.82, 2.24) is 5.32 Å². The zero-order valence-corrected chi connectivity index (χ0v) is 14.2. The van der Waals surface area contributed by atoms with Crippen molar-refractivity contribution in [2.45, 2.75) is 50.6 Å². The largest absolute Gasteiger partial charge is 0.325 e. The predicted octanol–water partition coefficient (Wildman–Crippen LogP) is 4.35. The molecule has 1 amide bonds. The van der Waals surface area contributed by atoms with Gasteiger partial charge in [-0.2, -0.15) is 0 Å². The zero-order valence-electron chi connectivity index (χ0n) is 11.9. The smallest absolute Gasteiger partial charge is 0.241 e. The SMILES string of the molecule is O=C(Nc1ccc(Cl)c(Br)c1)C1CCC2CCCCC2N1. The lowest BCUT2D eigenvalue weighted by Crippen LogP contribution is -2.53. The van der Waals surface area contributed by atoms with Crippen molar-refractivity contribution in [3.63, 3.8) is 0 Å². The fourth-order valence-electron chi connectivity index (χ4n) is 3.51. The Labute approximate surface area is 139 Å². The molecule has 1 saturated heterocycles. The minimum absolute atomic E-state index is 0.0632. The normalized spacial score (nSPS) is 28.8. The number of carbonyl (C=O) groups is 1. The van der Waals surface area contributed by atoms with E-state index in [9.17, 15) is 4.79 Å². The van der Waals surface area contributed by atoms with Gasteiger partial charge in [0, 0.05) is 16.2 Å². The van der Waals surface area contributed by atoms with Crippen LogP contribution in [0.25, 0.3) is 0 Å². The quantitative estimate of drug-likeness (QED) is 0.811. The van der Waals surface area contributed by atoms with E-state index in [1.54, 1.807) is 6.07 Å². The molecule has 2 fully saturated rings. The maximum atomic E-state index is 12.4. The minimum Gasteiger partial charge on any atom is -0.325 e. The van der Waals surface area contributed by atoms with Crippen LogP contribution in [0.2, 0.25) is 5.02 Å². The van der Waals surface area contributed by atoms with Crippen molar-refractivity contribution in [1.29, 1.82) is 0 Å². The highest BCUT2D eigenvalue weighted by molar-refractivity contribution is 9.10. The van der Waals surface area contributed by atoms with Crippen LogP contribution in [0.15, 0.2) is 22.7 Å². The molecular weight excluding hydrogens is 352 g/mol. The third kappa shape index (κ3) is 3.61. The molecule has 3 nitrogen and oxygen atoms in total. The van der Waals surface area contributed by atoms with E-state index in [0.717, 1.165) is 22.5 Å². The van der Waals surface area contributed by atoms with Crippen LogP contribution in [-0.4, -0.2) is 18.0 Å². The Bertz CT molecular complexity index is 537. The summed E-state index contributed by atoms with van der Waals surface area (Å²) < 4.78 is 0.797. The molecule has 2 aliphatic rings. The van der Waals surface area contributed by atoms with Gasteiger partial charge in [0.1, 0.15) is 0 Å². The average Bonchev–Trinajstić information content (AvgIpc) is 2.50. The maximum Gasteiger partial charge on any atom is 0.241 e. The molecule has 3 atom stereocenters. The van der Waals surface area contributed by atoms with E-state index in [2.05, 4.69) is 26.6 Å². The maximum absolute atomic E-state index is 12.4. The van der Waals surface area contributed by atoms with Gasteiger partial charge in [-0.25, -0.2) is 0 Å². The summed E-state index contributed by atoms with van der Waals surface area (Å²) in [4.78, 5) is 12.4. The highest BCUT2D eigenvalue weighted by atomic mass is 79.9. The predicted molar refractivity (Wildman–Crippen MR) is 89.7 cm³/mol. The Morgan fingerprint density at radius 3 is 2.86 bits per heavy atom. The molecule has 1 aliphatic carbocycles. The van der Waals surface area contributed by atoms with Gasteiger partial charge in [-0.1, -0.05) is 24.4 Å². The van der Waals surface area contributed by atoms with Crippen molar-refractivity contribution in [2.24, 2.45) is 5.92 Å². The van der Waals surface area contributed by atoms with E-state index < -0.39 is 0 Å². The lowest BCUT2D eigenvalue weighted by Gasteiger charge is -2.39. The summed E-state index contributed by atoms with van der Waals surface area (Å²) >= 11 is 9.35. The monoisotopic (exact) mass is 370 g/mol. The van der Waals surface area contributed by atoms with Gasteiger partial charge in [0.25, 0.3) is 0 Å². The number of anilines is 1. The summed E-state index contributed by atoms with van der Waals surface area (Å²) in [6.07, 6.45) is 7.25. The number of rotatable bonds is 2. The topological polar surface area (TPSA) is 41.1 Å². The Morgan fingerprint density at radius 2 is 2.05 bits per heavy atom. The van der Waals surface area contributed by atoms with Crippen LogP contribution < -0.4 is 10.6 Å². The first-order valence-electron chi connectivity index (χ1n) is 7.65. The highest BCUT2D eigenvalue weighted by Gasteiger charge is 2.34. The molecule has 0 radical (unpaired) electrons. The highest BCUT2D eigenvalue weighted by Crippen LogP contribution is 2.32. The van der Waals surface area contributed by atoms with Gasteiger partial charge in [-0.15, -0.1) is 0 Å². The van der Waals surface area contributed by atoms with Crippen LogP contribution in [0.5, 0.6) is 0 Å². The van der Waals surface area contributed by atoms with Crippen LogP contribution in [0.3, 0.4) is 0 Å². The van der Waals surface area contributed by atoms with E-state index in [0.29, 0.717) is 11.1 Å². The lowest BCUT2D eigenvalue weighted by molar-refractivity contribution is -0.119. The summed E-state index contributed by atoms with van der Waals surface area (Å²) in [5, 5.41) is 7.18. The summed E-state index contributed by atoms with van der Waals surface area (Å²) in [5.41, 5.74) is 0.781. The first-order chi connectivity index (χ1) is 10.1.